The topological polar surface area (TPSA) is 70.7 Å². The van der Waals surface area contributed by atoms with E-state index in [2.05, 4.69) is 22.5 Å². The van der Waals surface area contributed by atoms with Crippen LogP contribution in [0.2, 0.25) is 0 Å². The van der Waals surface area contributed by atoms with Crippen LogP contribution in [0.25, 0.3) is 0 Å². The van der Waals surface area contributed by atoms with Crippen LogP contribution in [0.5, 0.6) is 0 Å². The van der Waals surface area contributed by atoms with E-state index in [1.807, 2.05) is 32.0 Å². The SMILES string of the molecule is CCC(=O)Nc1ccc(C)c(NC(=O)CCC(C)N2CCOCC2)c1. The number of aryl methyl sites for hydroxylation is 1. The van der Waals surface area contributed by atoms with Crippen LogP contribution >= 0.6 is 0 Å². The van der Waals surface area contributed by atoms with E-state index in [1.54, 1.807) is 0 Å². The van der Waals surface area contributed by atoms with E-state index >= 15 is 0 Å². The fourth-order valence-corrected chi connectivity index (χ4v) is 2.84. The largest absolute Gasteiger partial charge is 0.379 e. The van der Waals surface area contributed by atoms with Gasteiger partial charge in [-0.15, -0.1) is 0 Å². The molecule has 2 rings (SSSR count). The number of benzene rings is 1. The standard InChI is InChI=1S/C19H29N3O3/c1-4-18(23)20-16-7-5-14(2)17(13-16)21-19(24)8-6-15(3)22-9-11-25-12-10-22/h5,7,13,15H,4,6,8-12H2,1-3H3,(H,20,23)(H,21,24). The third-order valence-corrected chi connectivity index (χ3v) is 4.57. The number of hydrogen-bond acceptors (Lipinski definition) is 4. The van der Waals surface area contributed by atoms with Crippen molar-refractivity contribution in [3.8, 4) is 0 Å². The molecule has 1 aliphatic heterocycles. The molecule has 138 valence electrons. The molecule has 0 aromatic heterocycles. The maximum absolute atomic E-state index is 12.3. The van der Waals surface area contributed by atoms with Gasteiger partial charge in [-0.2, -0.15) is 0 Å². The highest BCUT2D eigenvalue weighted by atomic mass is 16.5. The minimum absolute atomic E-state index is 0.00202. The van der Waals surface area contributed by atoms with Crippen LogP contribution in [-0.4, -0.2) is 49.1 Å². The average Bonchev–Trinajstić information content (AvgIpc) is 2.63. The first-order valence-electron chi connectivity index (χ1n) is 9.01. The zero-order valence-electron chi connectivity index (χ0n) is 15.4. The fourth-order valence-electron chi connectivity index (χ4n) is 2.84. The number of morpholine rings is 1. The zero-order valence-corrected chi connectivity index (χ0v) is 15.4. The maximum atomic E-state index is 12.3. The summed E-state index contributed by atoms with van der Waals surface area (Å²) in [7, 11) is 0. The molecule has 2 amide bonds. The van der Waals surface area contributed by atoms with E-state index in [0.29, 0.717) is 24.6 Å². The quantitative estimate of drug-likeness (QED) is 0.796. The Labute approximate surface area is 149 Å². The molecule has 1 unspecified atom stereocenters. The molecule has 1 heterocycles. The lowest BCUT2D eigenvalue weighted by Crippen LogP contribution is -2.42. The van der Waals surface area contributed by atoms with Crippen molar-refractivity contribution >= 4 is 23.2 Å². The molecule has 6 nitrogen and oxygen atoms in total. The normalized spacial score (nSPS) is 16.3. The summed E-state index contributed by atoms with van der Waals surface area (Å²) < 4.78 is 5.36. The van der Waals surface area contributed by atoms with E-state index in [4.69, 9.17) is 4.74 Å². The predicted molar refractivity (Wildman–Crippen MR) is 99.8 cm³/mol. The van der Waals surface area contributed by atoms with Crippen molar-refractivity contribution in [2.45, 2.75) is 46.1 Å². The van der Waals surface area contributed by atoms with Crippen LogP contribution in [0.4, 0.5) is 11.4 Å². The summed E-state index contributed by atoms with van der Waals surface area (Å²) in [6.07, 6.45) is 1.72. The molecule has 0 spiro atoms. The summed E-state index contributed by atoms with van der Waals surface area (Å²) in [4.78, 5) is 26.2. The molecule has 1 saturated heterocycles. The van der Waals surface area contributed by atoms with Crippen LogP contribution in [-0.2, 0) is 14.3 Å². The van der Waals surface area contributed by atoms with Gasteiger partial charge in [0.1, 0.15) is 0 Å². The Kier molecular flexibility index (Phi) is 7.40. The summed E-state index contributed by atoms with van der Waals surface area (Å²) in [6, 6.07) is 5.92. The number of carbonyl (C=O) groups excluding carboxylic acids is 2. The Bertz CT molecular complexity index is 598. The monoisotopic (exact) mass is 347 g/mol. The van der Waals surface area contributed by atoms with Crippen LogP contribution in [0.1, 0.15) is 38.7 Å². The zero-order chi connectivity index (χ0) is 18.2. The molecule has 0 bridgehead atoms. The predicted octanol–water partition coefficient (Wildman–Crippen LogP) is 2.78. The highest BCUT2D eigenvalue weighted by Gasteiger charge is 2.18. The lowest BCUT2D eigenvalue weighted by atomic mass is 10.1. The first-order chi connectivity index (χ1) is 12.0. The fraction of sp³-hybridized carbons (Fsp3) is 0.579. The third kappa shape index (κ3) is 6.14. The third-order valence-electron chi connectivity index (χ3n) is 4.57. The summed E-state index contributed by atoms with van der Waals surface area (Å²) in [5.74, 6) is -0.0392. The maximum Gasteiger partial charge on any atom is 0.224 e. The van der Waals surface area contributed by atoms with Gasteiger partial charge in [0.2, 0.25) is 11.8 Å². The number of ether oxygens (including phenoxy) is 1. The second-order valence-corrected chi connectivity index (χ2v) is 6.52. The molecule has 25 heavy (non-hydrogen) atoms. The number of anilines is 2. The number of hydrogen-bond donors (Lipinski definition) is 2. The van der Waals surface area contributed by atoms with Gasteiger partial charge in [0, 0.05) is 43.3 Å². The van der Waals surface area contributed by atoms with Crippen molar-refractivity contribution in [3.63, 3.8) is 0 Å². The Hall–Kier alpha value is -1.92. The van der Waals surface area contributed by atoms with Crippen molar-refractivity contribution in [2.24, 2.45) is 0 Å². The minimum atomic E-state index is -0.0412. The van der Waals surface area contributed by atoms with E-state index in [0.717, 1.165) is 44.0 Å². The Morgan fingerprint density at radius 3 is 2.60 bits per heavy atom. The van der Waals surface area contributed by atoms with Gasteiger partial charge in [-0.25, -0.2) is 0 Å². The molecule has 1 fully saturated rings. The lowest BCUT2D eigenvalue weighted by Gasteiger charge is -2.32. The Balaban J connectivity index is 1.86. The van der Waals surface area contributed by atoms with Gasteiger partial charge in [0.15, 0.2) is 0 Å². The summed E-state index contributed by atoms with van der Waals surface area (Å²) in [5.41, 5.74) is 2.43. The summed E-state index contributed by atoms with van der Waals surface area (Å²) >= 11 is 0. The summed E-state index contributed by atoms with van der Waals surface area (Å²) in [6.45, 7) is 9.31. The number of nitrogens with zero attached hydrogens (tertiary/aromatic N) is 1. The molecule has 0 aliphatic carbocycles. The lowest BCUT2D eigenvalue weighted by molar-refractivity contribution is -0.117. The van der Waals surface area contributed by atoms with Crippen molar-refractivity contribution in [3.05, 3.63) is 23.8 Å². The smallest absolute Gasteiger partial charge is 0.224 e. The van der Waals surface area contributed by atoms with Gasteiger partial charge in [-0.1, -0.05) is 13.0 Å². The van der Waals surface area contributed by atoms with Gasteiger partial charge < -0.3 is 15.4 Å². The summed E-state index contributed by atoms with van der Waals surface area (Å²) in [5, 5.41) is 5.78. The average molecular weight is 347 g/mol. The first-order valence-corrected chi connectivity index (χ1v) is 9.01. The van der Waals surface area contributed by atoms with E-state index in [1.165, 1.54) is 0 Å². The highest BCUT2D eigenvalue weighted by Crippen LogP contribution is 2.21. The molecule has 0 radical (unpaired) electrons. The van der Waals surface area contributed by atoms with Crippen LogP contribution in [0, 0.1) is 6.92 Å². The number of rotatable bonds is 7. The molecular weight excluding hydrogens is 318 g/mol. The van der Waals surface area contributed by atoms with Gasteiger partial charge >= 0.3 is 0 Å². The second-order valence-electron chi connectivity index (χ2n) is 6.52. The molecule has 0 saturated carbocycles. The Morgan fingerprint density at radius 2 is 1.92 bits per heavy atom. The first kappa shape index (κ1) is 19.4. The molecular formula is C19H29N3O3. The van der Waals surface area contributed by atoms with Crippen molar-refractivity contribution in [2.75, 3.05) is 36.9 Å². The second kappa shape index (κ2) is 9.53. The number of carbonyl (C=O) groups is 2. The molecule has 2 N–H and O–H groups in total. The van der Waals surface area contributed by atoms with Crippen molar-refractivity contribution in [1.29, 1.82) is 0 Å². The van der Waals surface area contributed by atoms with E-state index in [9.17, 15) is 9.59 Å². The molecule has 1 atom stereocenters. The molecule has 1 aromatic rings. The van der Waals surface area contributed by atoms with Crippen molar-refractivity contribution < 1.29 is 14.3 Å². The minimum Gasteiger partial charge on any atom is -0.379 e. The van der Waals surface area contributed by atoms with Crippen LogP contribution in [0.15, 0.2) is 18.2 Å². The van der Waals surface area contributed by atoms with Crippen molar-refractivity contribution in [1.82, 2.24) is 4.90 Å². The highest BCUT2D eigenvalue weighted by molar-refractivity contribution is 5.94. The van der Waals surface area contributed by atoms with Crippen LogP contribution in [0.3, 0.4) is 0 Å². The molecule has 1 aliphatic rings. The number of nitrogens with one attached hydrogen (secondary N) is 2. The van der Waals surface area contributed by atoms with Gasteiger partial charge in [0.25, 0.3) is 0 Å². The van der Waals surface area contributed by atoms with E-state index < -0.39 is 0 Å². The molecule has 6 heteroatoms. The van der Waals surface area contributed by atoms with Gasteiger partial charge in [0.05, 0.1) is 13.2 Å². The Morgan fingerprint density at radius 1 is 1.20 bits per heavy atom. The van der Waals surface area contributed by atoms with Gasteiger partial charge in [-0.3, -0.25) is 14.5 Å². The number of amides is 2. The van der Waals surface area contributed by atoms with E-state index in [-0.39, 0.29) is 11.8 Å². The van der Waals surface area contributed by atoms with Crippen LogP contribution < -0.4 is 10.6 Å². The molecule has 1 aromatic carbocycles. The van der Waals surface area contributed by atoms with Gasteiger partial charge in [-0.05, 0) is 38.0 Å².